The monoisotopic (exact) mass is 343 g/mol. The minimum atomic E-state index is 0.00891. The smallest absolute Gasteiger partial charge is 0.224 e. The quantitative estimate of drug-likeness (QED) is 0.870. The third-order valence-corrected chi connectivity index (χ3v) is 4.73. The lowest BCUT2D eigenvalue weighted by Crippen LogP contribution is -2.42. The van der Waals surface area contributed by atoms with E-state index in [9.17, 15) is 9.59 Å². The van der Waals surface area contributed by atoms with Crippen molar-refractivity contribution in [2.45, 2.75) is 19.8 Å². The van der Waals surface area contributed by atoms with Gasteiger partial charge in [0.15, 0.2) is 0 Å². The van der Waals surface area contributed by atoms with E-state index in [1.807, 2.05) is 29.3 Å². The molecule has 2 aromatic rings. The number of para-hydroxylation sites is 1. The number of ether oxygens (including phenoxy) is 1. The number of aromatic amines is 1. The summed E-state index contributed by atoms with van der Waals surface area (Å²) in [5.74, 6) is 0.108. The molecule has 25 heavy (non-hydrogen) atoms. The molecular formula is C19H25N3O3. The van der Waals surface area contributed by atoms with Crippen LogP contribution in [0.3, 0.4) is 0 Å². The molecule has 1 aliphatic heterocycles. The highest BCUT2D eigenvalue weighted by Gasteiger charge is 2.18. The predicted octanol–water partition coefficient (Wildman–Crippen LogP) is 1.81. The fourth-order valence-corrected chi connectivity index (χ4v) is 3.22. The summed E-state index contributed by atoms with van der Waals surface area (Å²) in [6.07, 6.45) is 3.14. The molecule has 2 heterocycles. The van der Waals surface area contributed by atoms with Crippen LogP contribution >= 0.6 is 0 Å². The molecule has 6 nitrogen and oxygen atoms in total. The number of hydrogen-bond acceptors (Lipinski definition) is 3. The maximum Gasteiger partial charge on any atom is 0.224 e. The van der Waals surface area contributed by atoms with Gasteiger partial charge in [0.1, 0.15) is 0 Å². The third kappa shape index (κ3) is 4.39. The van der Waals surface area contributed by atoms with Crippen molar-refractivity contribution in [3.63, 3.8) is 0 Å². The summed E-state index contributed by atoms with van der Waals surface area (Å²) < 4.78 is 5.27. The van der Waals surface area contributed by atoms with Gasteiger partial charge in [-0.25, -0.2) is 0 Å². The molecule has 0 aliphatic carbocycles. The topological polar surface area (TPSA) is 65.6 Å². The molecule has 6 heteroatoms. The Balaban J connectivity index is 1.54. The number of nitrogens with one attached hydrogen (secondary N) is 1. The SMILES string of the molecule is CC(=O)N(CCC(=O)N1CCOCC1)CCc1c[nH]c2ccccc12. The first-order chi connectivity index (χ1) is 12.1. The first-order valence-electron chi connectivity index (χ1n) is 8.81. The van der Waals surface area contributed by atoms with Crippen molar-refractivity contribution in [3.8, 4) is 0 Å². The Kier molecular flexibility index (Phi) is 5.71. The van der Waals surface area contributed by atoms with E-state index in [1.165, 1.54) is 10.9 Å². The second-order valence-corrected chi connectivity index (χ2v) is 6.36. The Morgan fingerprint density at radius 3 is 2.72 bits per heavy atom. The van der Waals surface area contributed by atoms with E-state index >= 15 is 0 Å². The van der Waals surface area contributed by atoms with Crippen molar-refractivity contribution in [1.29, 1.82) is 0 Å². The molecule has 134 valence electrons. The molecule has 0 unspecified atom stereocenters. The van der Waals surface area contributed by atoms with Crippen LogP contribution in [0.1, 0.15) is 18.9 Å². The largest absolute Gasteiger partial charge is 0.378 e. The molecule has 0 radical (unpaired) electrons. The number of hydrogen-bond donors (Lipinski definition) is 1. The minimum Gasteiger partial charge on any atom is -0.378 e. The minimum absolute atomic E-state index is 0.00891. The van der Waals surface area contributed by atoms with Gasteiger partial charge in [-0.15, -0.1) is 0 Å². The van der Waals surface area contributed by atoms with Gasteiger partial charge in [-0.1, -0.05) is 18.2 Å². The standard InChI is InChI=1S/C19H25N3O3/c1-15(23)21(9-7-19(24)22-10-12-25-13-11-22)8-6-16-14-20-18-5-3-2-4-17(16)18/h2-5,14,20H,6-13H2,1H3. The van der Waals surface area contributed by atoms with Gasteiger partial charge in [0.05, 0.1) is 13.2 Å². The summed E-state index contributed by atoms with van der Waals surface area (Å²) in [6.45, 7) is 5.14. The van der Waals surface area contributed by atoms with Gasteiger partial charge in [-0.2, -0.15) is 0 Å². The second kappa shape index (κ2) is 8.16. The highest BCUT2D eigenvalue weighted by Crippen LogP contribution is 2.18. The summed E-state index contributed by atoms with van der Waals surface area (Å²) in [7, 11) is 0. The molecule has 1 fully saturated rings. The third-order valence-electron chi connectivity index (χ3n) is 4.73. The van der Waals surface area contributed by atoms with E-state index in [0.717, 1.165) is 11.9 Å². The fraction of sp³-hybridized carbons (Fsp3) is 0.474. The fourth-order valence-electron chi connectivity index (χ4n) is 3.22. The van der Waals surface area contributed by atoms with E-state index in [1.54, 1.807) is 11.8 Å². The maximum absolute atomic E-state index is 12.3. The average molecular weight is 343 g/mol. The number of fused-ring (bicyclic) bond motifs is 1. The molecule has 2 amide bonds. The zero-order valence-electron chi connectivity index (χ0n) is 14.7. The number of morpholine rings is 1. The Bertz CT molecular complexity index is 734. The van der Waals surface area contributed by atoms with Crippen LogP contribution in [0.4, 0.5) is 0 Å². The van der Waals surface area contributed by atoms with Crippen LogP contribution in [0.15, 0.2) is 30.5 Å². The highest BCUT2D eigenvalue weighted by molar-refractivity contribution is 5.83. The van der Waals surface area contributed by atoms with Gasteiger partial charge >= 0.3 is 0 Å². The normalized spacial score (nSPS) is 14.7. The predicted molar refractivity (Wildman–Crippen MR) is 96.3 cm³/mol. The van der Waals surface area contributed by atoms with Crippen LogP contribution in [0.25, 0.3) is 10.9 Å². The van der Waals surface area contributed by atoms with Gasteiger partial charge in [0, 0.05) is 56.6 Å². The lowest BCUT2D eigenvalue weighted by Gasteiger charge is -2.28. The van der Waals surface area contributed by atoms with Gasteiger partial charge in [0.25, 0.3) is 0 Å². The first-order valence-corrected chi connectivity index (χ1v) is 8.81. The summed E-state index contributed by atoms with van der Waals surface area (Å²) in [6, 6.07) is 8.15. The number of carbonyl (C=O) groups is 2. The van der Waals surface area contributed by atoms with Crippen molar-refractivity contribution >= 4 is 22.7 Å². The Morgan fingerprint density at radius 1 is 1.20 bits per heavy atom. The number of carbonyl (C=O) groups excluding carboxylic acids is 2. The summed E-state index contributed by atoms with van der Waals surface area (Å²) in [4.78, 5) is 31.0. The van der Waals surface area contributed by atoms with Gasteiger partial charge < -0.3 is 19.5 Å². The molecule has 0 spiro atoms. The second-order valence-electron chi connectivity index (χ2n) is 6.36. The van der Waals surface area contributed by atoms with Crippen molar-refractivity contribution in [3.05, 3.63) is 36.0 Å². The van der Waals surface area contributed by atoms with E-state index in [-0.39, 0.29) is 11.8 Å². The Hall–Kier alpha value is -2.34. The number of nitrogens with zero attached hydrogens (tertiary/aromatic N) is 2. The molecule has 0 atom stereocenters. The number of aromatic nitrogens is 1. The van der Waals surface area contributed by atoms with Crippen LogP contribution < -0.4 is 0 Å². The Labute approximate surface area is 147 Å². The molecule has 1 aliphatic rings. The summed E-state index contributed by atoms with van der Waals surface area (Å²) in [5.41, 5.74) is 2.30. The van der Waals surface area contributed by atoms with Gasteiger partial charge in [0.2, 0.25) is 11.8 Å². The van der Waals surface area contributed by atoms with Crippen LogP contribution in [-0.2, 0) is 20.7 Å². The van der Waals surface area contributed by atoms with Crippen molar-refractivity contribution < 1.29 is 14.3 Å². The zero-order valence-corrected chi connectivity index (χ0v) is 14.7. The van der Waals surface area contributed by atoms with Crippen LogP contribution in [-0.4, -0.2) is 66.0 Å². The molecule has 1 aromatic heterocycles. The van der Waals surface area contributed by atoms with Crippen molar-refractivity contribution in [2.75, 3.05) is 39.4 Å². The van der Waals surface area contributed by atoms with Crippen LogP contribution in [0.2, 0.25) is 0 Å². The molecule has 0 saturated carbocycles. The number of benzene rings is 1. The maximum atomic E-state index is 12.3. The molecule has 1 saturated heterocycles. The summed E-state index contributed by atoms with van der Waals surface area (Å²) >= 11 is 0. The lowest BCUT2D eigenvalue weighted by molar-refractivity contribution is -0.136. The molecule has 0 bridgehead atoms. The van der Waals surface area contributed by atoms with Crippen molar-refractivity contribution in [2.24, 2.45) is 0 Å². The lowest BCUT2D eigenvalue weighted by atomic mass is 10.1. The van der Waals surface area contributed by atoms with Crippen molar-refractivity contribution in [1.82, 2.24) is 14.8 Å². The Morgan fingerprint density at radius 2 is 1.96 bits per heavy atom. The van der Waals surface area contributed by atoms with Crippen LogP contribution in [0.5, 0.6) is 0 Å². The summed E-state index contributed by atoms with van der Waals surface area (Å²) in [5, 5.41) is 1.19. The zero-order chi connectivity index (χ0) is 17.6. The first kappa shape index (κ1) is 17.5. The highest BCUT2D eigenvalue weighted by atomic mass is 16.5. The van der Waals surface area contributed by atoms with E-state index in [4.69, 9.17) is 4.74 Å². The number of amides is 2. The van der Waals surface area contributed by atoms with Gasteiger partial charge in [-0.05, 0) is 18.1 Å². The number of rotatable bonds is 6. The van der Waals surface area contributed by atoms with E-state index in [0.29, 0.717) is 45.8 Å². The molecular weight excluding hydrogens is 318 g/mol. The molecule has 1 aromatic carbocycles. The van der Waals surface area contributed by atoms with E-state index in [2.05, 4.69) is 11.1 Å². The van der Waals surface area contributed by atoms with Gasteiger partial charge in [-0.3, -0.25) is 9.59 Å². The molecule has 1 N–H and O–H groups in total. The van der Waals surface area contributed by atoms with E-state index < -0.39 is 0 Å². The number of H-pyrrole nitrogens is 1. The van der Waals surface area contributed by atoms with Crippen LogP contribution in [0, 0.1) is 0 Å². The molecule has 3 rings (SSSR count). The average Bonchev–Trinajstić information content (AvgIpc) is 3.05.